The summed E-state index contributed by atoms with van der Waals surface area (Å²) in [7, 11) is 0. The van der Waals surface area contributed by atoms with E-state index in [1.54, 1.807) is 12.3 Å². The van der Waals surface area contributed by atoms with Crippen molar-refractivity contribution in [3.8, 4) is 0 Å². The molecule has 0 spiro atoms. The Labute approximate surface area is 117 Å². The van der Waals surface area contributed by atoms with Crippen molar-refractivity contribution in [3.05, 3.63) is 40.3 Å². The quantitative estimate of drug-likeness (QED) is 0.808. The van der Waals surface area contributed by atoms with Crippen LogP contribution < -0.4 is 5.73 Å². The number of aliphatic hydroxyl groups excluding tert-OH is 1. The van der Waals surface area contributed by atoms with E-state index in [1.807, 2.05) is 13.0 Å². The van der Waals surface area contributed by atoms with Gasteiger partial charge >= 0.3 is 0 Å². The fourth-order valence-electron chi connectivity index (χ4n) is 1.25. The van der Waals surface area contributed by atoms with Crippen molar-refractivity contribution in [1.82, 2.24) is 4.98 Å². The lowest BCUT2D eigenvalue weighted by atomic mass is 10.1. The molecule has 4 nitrogen and oxygen atoms in total. The molecule has 1 heterocycles. The Balaban J connectivity index is 3.08. The highest BCUT2D eigenvalue weighted by atomic mass is 79.9. The van der Waals surface area contributed by atoms with Crippen LogP contribution in [0.1, 0.15) is 18.7 Å². The summed E-state index contributed by atoms with van der Waals surface area (Å²) in [6, 6.07) is 3.59. The molecule has 6 heteroatoms. The number of rotatable bonds is 4. The van der Waals surface area contributed by atoms with Gasteiger partial charge in [-0.25, -0.2) is 0 Å². The molecule has 0 fully saturated rings. The number of nitrogens with two attached hydrogens (primary N) is 1. The summed E-state index contributed by atoms with van der Waals surface area (Å²) < 4.78 is 1.26. The van der Waals surface area contributed by atoms with Crippen LogP contribution in [-0.2, 0) is 0 Å². The second-order valence-corrected chi connectivity index (χ2v) is 4.77. The van der Waals surface area contributed by atoms with Crippen molar-refractivity contribution in [3.63, 3.8) is 0 Å². The number of pyridine rings is 1. The Morgan fingerprint density at radius 2 is 2.41 bits per heavy atom. The van der Waals surface area contributed by atoms with Gasteiger partial charge in [0, 0.05) is 29.0 Å². The second kappa shape index (κ2) is 6.88. The zero-order valence-corrected chi connectivity index (χ0v) is 12.4. The van der Waals surface area contributed by atoms with E-state index < -0.39 is 6.10 Å². The maximum Gasteiger partial charge on any atom is 0.126 e. The lowest BCUT2D eigenvalue weighted by molar-refractivity contribution is 0.216. The van der Waals surface area contributed by atoms with Gasteiger partial charge in [-0.2, -0.15) is 0 Å². The third-order valence-corrected chi connectivity index (χ3v) is 3.43. The average Bonchev–Trinajstić information content (AvgIpc) is 2.30. The van der Waals surface area contributed by atoms with Crippen LogP contribution >= 0.6 is 31.9 Å². The summed E-state index contributed by atoms with van der Waals surface area (Å²) in [4.78, 5) is 8.27. The van der Waals surface area contributed by atoms with Crippen LogP contribution in [0.3, 0.4) is 0 Å². The average molecular weight is 363 g/mol. The fraction of sp³-hybridized carbons (Fsp3) is 0.273. The summed E-state index contributed by atoms with van der Waals surface area (Å²) >= 11 is 6.62. The molecule has 3 N–H and O–H groups in total. The Morgan fingerprint density at radius 1 is 1.71 bits per heavy atom. The number of aliphatic imine (C=N–C) groups is 1. The van der Waals surface area contributed by atoms with Crippen molar-refractivity contribution in [2.24, 2.45) is 10.7 Å². The van der Waals surface area contributed by atoms with Crippen LogP contribution in [0, 0.1) is 0 Å². The van der Waals surface area contributed by atoms with E-state index in [9.17, 15) is 5.11 Å². The van der Waals surface area contributed by atoms with Gasteiger partial charge in [-0.05, 0) is 50.9 Å². The molecule has 0 radical (unpaired) electrons. The third kappa shape index (κ3) is 3.62. The minimum Gasteiger partial charge on any atom is -0.404 e. The minimum absolute atomic E-state index is 0.492. The van der Waals surface area contributed by atoms with E-state index in [0.717, 1.165) is 4.47 Å². The minimum atomic E-state index is -0.916. The summed E-state index contributed by atoms with van der Waals surface area (Å²) in [5.74, 6) is 0. The first kappa shape index (κ1) is 14.3. The predicted molar refractivity (Wildman–Crippen MR) is 76.1 cm³/mol. The predicted octanol–water partition coefficient (Wildman–Crippen LogP) is 2.53. The van der Waals surface area contributed by atoms with E-state index in [4.69, 9.17) is 5.73 Å². The summed E-state index contributed by atoms with van der Waals surface area (Å²) in [6.45, 7) is 2.51. The lowest BCUT2D eigenvalue weighted by Crippen LogP contribution is -2.11. The van der Waals surface area contributed by atoms with E-state index in [-0.39, 0.29) is 0 Å². The Kier molecular flexibility index (Phi) is 5.80. The van der Waals surface area contributed by atoms with E-state index in [2.05, 4.69) is 41.8 Å². The summed E-state index contributed by atoms with van der Waals surface area (Å²) in [5.41, 5.74) is 6.52. The Bertz CT molecular complexity index is 446. The molecule has 0 aliphatic heterocycles. The molecule has 1 atom stereocenters. The zero-order valence-electron chi connectivity index (χ0n) is 9.27. The van der Waals surface area contributed by atoms with Crippen LogP contribution in [0.5, 0.6) is 0 Å². The molecule has 0 saturated heterocycles. The highest BCUT2D eigenvalue weighted by Gasteiger charge is 2.20. The van der Waals surface area contributed by atoms with Gasteiger partial charge in [0.25, 0.3) is 0 Å². The highest BCUT2D eigenvalue weighted by Crippen LogP contribution is 2.27. The molecule has 0 aliphatic rings. The van der Waals surface area contributed by atoms with Crippen molar-refractivity contribution in [1.29, 1.82) is 0 Å². The fourth-order valence-corrected chi connectivity index (χ4v) is 2.32. The zero-order chi connectivity index (χ0) is 12.8. The van der Waals surface area contributed by atoms with Crippen LogP contribution in [0.2, 0.25) is 0 Å². The normalized spacial score (nSPS) is 14.8. The topological polar surface area (TPSA) is 71.5 Å². The lowest BCUT2D eigenvalue weighted by Gasteiger charge is -2.14. The molecule has 0 saturated carbocycles. The van der Waals surface area contributed by atoms with Crippen molar-refractivity contribution >= 4 is 36.5 Å². The van der Waals surface area contributed by atoms with Crippen molar-refractivity contribution in [2.45, 2.75) is 13.0 Å². The summed E-state index contributed by atoms with van der Waals surface area (Å²) in [5, 5.41) is 10.2. The smallest absolute Gasteiger partial charge is 0.126 e. The van der Waals surface area contributed by atoms with E-state index >= 15 is 0 Å². The molecule has 17 heavy (non-hydrogen) atoms. The molecule has 0 aliphatic carbocycles. The number of hydrogen-bond donors (Lipinski definition) is 2. The maximum absolute atomic E-state index is 10.2. The Morgan fingerprint density at radius 3 is 2.94 bits per heavy atom. The van der Waals surface area contributed by atoms with Crippen molar-refractivity contribution in [2.75, 3.05) is 6.54 Å². The molecular formula is C11H13Br2N3O. The number of hydrogen-bond acceptors (Lipinski definition) is 4. The molecular weight excluding hydrogens is 350 g/mol. The number of nitrogens with zero attached hydrogens (tertiary/aromatic N) is 2. The monoisotopic (exact) mass is 361 g/mol. The molecule has 92 valence electrons. The number of aliphatic hydroxyl groups is 1. The van der Waals surface area contributed by atoms with Crippen LogP contribution in [0.25, 0.3) is 0 Å². The van der Waals surface area contributed by atoms with Gasteiger partial charge in [0.1, 0.15) is 10.7 Å². The van der Waals surface area contributed by atoms with Gasteiger partial charge in [-0.15, -0.1) is 0 Å². The molecule has 1 aromatic heterocycles. The standard InChI is InChI=1S/C11H13Br2N3O/c1-2-15-11(13)7(6-14)10(17)9-8(12)4-3-5-16-9/h3-6,10,17H,2,14H2,1H3. The van der Waals surface area contributed by atoms with Gasteiger partial charge in [0.05, 0.1) is 5.69 Å². The SMILES string of the molecule is CCN=C(Br)C(=CN)C(O)c1ncccc1Br. The van der Waals surface area contributed by atoms with Gasteiger partial charge in [-0.3, -0.25) is 9.98 Å². The van der Waals surface area contributed by atoms with Gasteiger partial charge in [-0.1, -0.05) is 0 Å². The maximum atomic E-state index is 10.2. The Hall–Kier alpha value is -0.720. The first-order valence-corrected chi connectivity index (χ1v) is 6.61. The molecule has 0 aromatic carbocycles. The first-order chi connectivity index (χ1) is 8.11. The van der Waals surface area contributed by atoms with Crippen molar-refractivity contribution < 1.29 is 5.11 Å². The largest absolute Gasteiger partial charge is 0.404 e. The molecule has 1 unspecified atom stereocenters. The highest BCUT2D eigenvalue weighted by molar-refractivity contribution is 9.18. The molecule has 0 bridgehead atoms. The van der Waals surface area contributed by atoms with Gasteiger partial charge in [0.2, 0.25) is 0 Å². The number of aromatic nitrogens is 1. The summed E-state index contributed by atoms with van der Waals surface area (Å²) in [6.07, 6.45) is 2.03. The molecule has 0 amide bonds. The van der Waals surface area contributed by atoms with Gasteiger partial charge in [0.15, 0.2) is 0 Å². The van der Waals surface area contributed by atoms with E-state index in [0.29, 0.717) is 22.4 Å². The van der Waals surface area contributed by atoms with Gasteiger partial charge < -0.3 is 10.8 Å². The van der Waals surface area contributed by atoms with Crippen LogP contribution in [0.4, 0.5) is 0 Å². The first-order valence-electron chi connectivity index (χ1n) is 5.02. The van der Waals surface area contributed by atoms with Crippen LogP contribution in [0.15, 0.2) is 39.6 Å². The second-order valence-electron chi connectivity index (χ2n) is 3.16. The van der Waals surface area contributed by atoms with Crippen LogP contribution in [-0.4, -0.2) is 21.3 Å². The molecule has 1 rings (SSSR count). The molecule has 1 aromatic rings. The van der Waals surface area contributed by atoms with E-state index in [1.165, 1.54) is 6.20 Å². The third-order valence-electron chi connectivity index (χ3n) is 2.06. The number of halogens is 2.